The molecule has 1 atom stereocenters. The maximum atomic E-state index is 11.8. The largest absolute Gasteiger partial charge is 0.354 e. The maximum absolute atomic E-state index is 11.8. The molecule has 0 radical (unpaired) electrons. The fraction of sp³-hybridized carbons (Fsp3) is 0.429. The molecule has 1 aromatic carbocycles. The molecule has 0 unspecified atom stereocenters. The van der Waals surface area contributed by atoms with Gasteiger partial charge in [-0.05, 0) is 37.6 Å². The first-order valence-corrected chi connectivity index (χ1v) is 8.78. The predicted molar refractivity (Wildman–Crippen MR) is 84.5 cm³/mol. The van der Waals surface area contributed by atoms with Gasteiger partial charge in [-0.15, -0.1) is 0 Å². The summed E-state index contributed by atoms with van der Waals surface area (Å²) >= 11 is 0. The number of urea groups is 1. The van der Waals surface area contributed by atoms with Gasteiger partial charge in [-0.1, -0.05) is 6.92 Å². The Morgan fingerprint density at radius 2 is 1.77 bits per heavy atom. The van der Waals surface area contributed by atoms with E-state index in [9.17, 15) is 18.0 Å². The topological polar surface area (TPSA) is 104 Å². The molecule has 0 aliphatic heterocycles. The van der Waals surface area contributed by atoms with Crippen molar-refractivity contribution in [2.75, 3.05) is 18.1 Å². The average Bonchev–Trinajstić information content (AvgIpc) is 2.44. The molecule has 1 aromatic rings. The van der Waals surface area contributed by atoms with Crippen LogP contribution in [-0.2, 0) is 14.6 Å². The highest BCUT2D eigenvalue weighted by molar-refractivity contribution is 7.90. The Hall–Kier alpha value is -2.09. The van der Waals surface area contributed by atoms with Gasteiger partial charge in [0.05, 0.1) is 4.90 Å². The lowest BCUT2D eigenvalue weighted by Gasteiger charge is -2.14. The molecule has 0 saturated heterocycles. The quantitative estimate of drug-likeness (QED) is 0.728. The molecule has 0 saturated carbocycles. The van der Waals surface area contributed by atoms with Crippen molar-refractivity contribution in [2.45, 2.75) is 31.2 Å². The third-order valence-corrected chi connectivity index (χ3v) is 3.96. The van der Waals surface area contributed by atoms with E-state index in [0.29, 0.717) is 12.2 Å². The van der Waals surface area contributed by atoms with Gasteiger partial charge in [0.2, 0.25) is 5.91 Å². The second kappa shape index (κ2) is 7.79. The summed E-state index contributed by atoms with van der Waals surface area (Å²) in [6.07, 6.45) is 1.93. The van der Waals surface area contributed by atoms with Crippen LogP contribution in [0.2, 0.25) is 0 Å². The van der Waals surface area contributed by atoms with E-state index >= 15 is 0 Å². The van der Waals surface area contributed by atoms with E-state index in [-0.39, 0.29) is 10.8 Å². The van der Waals surface area contributed by atoms with Crippen molar-refractivity contribution in [3.05, 3.63) is 24.3 Å². The molecular weight excluding hydrogens is 306 g/mol. The summed E-state index contributed by atoms with van der Waals surface area (Å²) in [4.78, 5) is 23.6. The third kappa shape index (κ3) is 5.72. The van der Waals surface area contributed by atoms with Gasteiger partial charge in [-0.2, -0.15) is 0 Å². The highest BCUT2D eigenvalue weighted by Gasteiger charge is 2.15. The summed E-state index contributed by atoms with van der Waals surface area (Å²) < 4.78 is 22.7. The normalized spacial score (nSPS) is 12.3. The van der Waals surface area contributed by atoms with Crippen LogP contribution in [0.1, 0.15) is 20.3 Å². The van der Waals surface area contributed by atoms with Crippen molar-refractivity contribution in [2.24, 2.45) is 0 Å². The predicted octanol–water partition coefficient (Wildman–Crippen LogP) is 1.13. The van der Waals surface area contributed by atoms with Gasteiger partial charge >= 0.3 is 6.03 Å². The van der Waals surface area contributed by atoms with E-state index < -0.39 is 21.9 Å². The number of anilines is 1. The van der Waals surface area contributed by atoms with Gasteiger partial charge in [-0.25, -0.2) is 13.2 Å². The molecule has 7 nitrogen and oxygen atoms in total. The van der Waals surface area contributed by atoms with Gasteiger partial charge < -0.3 is 16.0 Å². The molecule has 3 N–H and O–H groups in total. The number of nitrogens with one attached hydrogen (secondary N) is 3. The number of amides is 3. The monoisotopic (exact) mass is 327 g/mol. The summed E-state index contributed by atoms with van der Waals surface area (Å²) in [5.74, 6) is -0.260. The lowest BCUT2D eigenvalue weighted by atomic mass is 10.3. The van der Waals surface area contributed by atoms with Crippen LogP contribution in [0.4, 0.5) is 10.5 Å². The Morgan fingerprint density at radius 1 is 1.18 bits per heavy atom. The van der Waals surface area contributed by atoms with Gasteiger partial charge in [0, 0.05) is 18.5 Å². The molecule has 8 heteroatoms. The fourth-order valence-electron chi connectivity index (χ4n) is 1.62. The van der Waals surface area contributed by atoms with Crippen LogP contribution < -0.4 is 16.0 Å². The van der Waals surface area contributed by atoms with Crippen molar-refractivity contribution in [3.8, 4) is 0 Å². The Morgan fingerprint density at radius 3 is 2.27 bits per heavy atom. The van der Waals surface area contributed by atoms with Crippen LogP contribution >= 0.6 is 0 Å². The molecule has 0 bridgehead atoms. The molecule has 0 fully saturated rings. The van der Waals surface area contributed by atoms with Crippen LogP contribution in [0.25, 0.3) is 0 Å². The molecule has 0 spiro atoms. The summed E-state index contributed by atoms with van der Waals surface area (Å²) in [5, 5.41) is 7.72. The van der Waals surface area contributed by atoms with Gasteiger partial charge in [0.25, 0.3) is 0 Å². The highest BCUT2D eigenvalue weighted by Crippen LogP contribution is 2.13. The summed E-state index contributed by atoms with van der Waals surface area (Å²) in [6, 6.07) is 4.58. The third-order valence-electron chi connectivity index (χ3n) is 2.83. The number of hydrogen-bond donors (Lipinski definition) is 3. The molecule has 122 valence electrons. The molecule has 0 aliphatic carbocycles. The zero-order chi connectivity index (χ0) is 16.8. The second-order valence-corrected chi connectivity index (χ2v) is 6.92. The van der Waals surface area contributed by atoms with E-state index in [1.54, 1.807) is 6.92 Å². The molecule has 0 aromatic heterocycles. The summed E-state index contributed by atoms with van der Waals surface area (Å²) in [6.45, 7) is 4.07. The van der Waals surface area contributed by atoms with Crippen molar-refractivity contribution in [3.63, 3.8) is 0 Å². The first-order valence-electron chi connectivity index (χ1n) is 6.89. The first-order chi connectivity index (χ1) is 10.2. The number of benzene rings is 1. The van der Waals surface area contributed by atoms with Crippen LogP contribution in [-0.4, -0.2) is 39.2 Å². The van der Waals surface area contributed by atoms with Gasteiger partial charge in [0.15, 0.2) is 9.84 Å². The van der Waals surface area contributed by atoms with Crippen LogP contribution in [0, 0.1) is 0 Å². The van der Waals surface area contributed by atoms with Gasteiger partial charge in [0.1, 0.15) is 6.04 Å². The maximum Gasteiger partial charge on any atom is 0.319 e. The smallest absolute Gasteiger partial charge is 0.319 e. The number of sulfone groups is 1. The Kier molecular flexibility index (Phi) is 6.36. The molecule has 1 rings (SSSR count). The minimum absolute atomic E-state index is 0.172. The zero-order valence-electron chi connectivity index (χ0n) is 12.8. The Bertz CT molecular complexity index is 626. The zero-order valence-corrected chi connectivity index (χ0v) is 13.7. The lowest BCUT2D eigenvalue weighted by molar-refractivity contribution is -0.122. The highest BCUT2D eigenvalue weighted by atomic mass is 32.2. The van der Waals surface area contributed by atoms with E-state index in [0.717, 1.165) is 12.7 Å². The molecule has 3 amide bonds. The Balaban J connectivity index is 2.56. The minimum Gasteiger partial charge on any atom is -0.354 e. The number of rotatable bonds is 6. The SMILES string of the molecule is CCCNC(=O)[C@@H](C)NC(=O)Nc1ccc(S(C)(=O)=O)cc1. The summed E-state index contributed by atoms with van der Waals surface area (Å²) in [5.41, 5.74) is 0.436. The van der Waals surface area contributed by atoms with Crippen molar-refractivity contribution < 1.29 is 18.0 Å². The van der Waals surface area contributed by atoms with Crippen molar-refractivity contribution in [1.82, 2.24) is 10.6 Å². The molecule has 0 aliphatic rings. The van der Waals surface area contributed by atoms with E-state index in [4.69, 9.17) is 0 Å². The second-order valence-electron chi connectivity index (χ2n) is 4.91. The lowest BCUT2D eigenvalue weighted by Crippen LogP contribution is -2.46. The van der Waals surface area contributed by atoms with E-state index in [2.05, 4.69) is 16.0 Å². The van der Waals surface area contributed by atoms with Crippen molar-refractivity contribution in [1.29, 1.82) is 0 Å². The first kappa shape index (κ1) is 18.0. The van der Waals surface area contributed by atoms with Crippen LogP contribution in [0.15, 0.2) is 29.2 Å². The molecule has 22 heavy (non-hydrogen) atoms. The number of hydrogen-bond acceptors (Lipinski definition) is 4. The number of carbonyl (C=O) groups is 2. The average molecular weight is 327 g/mol. The van der Waals surface area contributed by atoms with E-state index in [1.807, 2.05) is 6.92 Å². The minimum atomic E-state index is -3.27. The molecular formula is C14H21N3O4S. The van der Waals surface area contributed by atoms with Crippen LogP contribution in [0.5, 0.6) is 0 Å². The van der Waals surface area contributed by atoms with Crippen molar-refractivity contribution >= 4 is 27.5 Å². The molecule has 0 heterocycles. The number of carbonyl (C=O) groups excluding carboxylic acids is 2. The van der Waals surface area contributed by atoms with Crippen LogP contribution in [0.3, 0.4) is 0 Å². The fourth-order valence-corrected chi connectivity index (χ4v) is 2.25. The summed E-state index contributed by atoms with van der Waals surface area (Å²) in [7, 11) is -3.27. The standard InChI is InChI=1S/C14H21N3O4S/c1-4-9-15-13(18)10(2)16-14(19)17-11-5-7-12(8-6-11)22(3,20)21/h5-8,10H,4,9H2,1-3H3,(H,15,18)(H2,16,17,19)/t10-/m1/s1. The van der Waals surface area contributed by atoms with E-state index in [1.165, 1.54) is 24.3 Å². The van der Waals surface area contributed by atoms with Gasteiger partial charge in [-0.3, -0.25) is 4.79 Å². The Labute approximate surface area is 130 Å².